The molecule has 7 heteroatoms. The summed E-state index contributed by atoms with van der Waals surface area (Å²) in [5, 5.41) is 5.29. The van der Waals surface area contributed by atoms with Gasteiger partial charge in [-0.2, -0.15) is 0 Å². The number of rotatable bonds is 5. The number of carbonyl (C=O) groups excluding carboxylic acids is 3. The van der Waals surface area contributed by atoms with Crippen molar-refractivity contribution in [2.45, 2.75) is 69.9 Å². The Morgan fingerprint density at radius 1 is 1.04 bits per heavy atom. The quantitative estimate of drug-likeness (QED) is 0.742. The Morgan fingerprint density at radius 3 is 2.46 bits per heavy atom. The number of carbonyl (C=O) groups is 3. The zero-order chi connectivity index (χ0) is 17.4. The second-order valence-electron chi connectivity index (χ2n) is 6.76. The second-order valence-corrected chi connectivity index (χ2v) is 6.76. The highest BCUT2D eigenvalue weighted by molar-refractivity contribution is 5.95. The summed E-state index contributed by atoms with van der Waals surface area (Å²) in [5.74, 6) is -0.581. The van der Waals surface area contributed by atoms with Crippen molar-refractivity contribution in [2.24, 2.45) is 0 Å². The molecule has 1 aliphatic carbocycles. The number of piperidine rings is 1. The van der Waals surface area contributed by atoms with E-state index in [2.05, 4.69) is 10.6 Å². The van der Waals surface area contributed by atoms with Gasteiger partial charge in [-0.3, -0.25) is 19.8 Å². The number of nitrogens with zero attached hydrogens (tertiary/aromatic N) is 1. The summed E-state index contributed by atoms with van der Waals surface area (Å²) in [5.41, 5.74) is 0. The molecule has 0 spiro atoms. The fraction of sp³-hybridized carbons (Fsp3) is 0.824. The van der Waals surface area contributed by atoms with Gasteiger partial charge >= 0.3 is 12.0 Å². The van der Waals surface area contributed by atoms with Crippen LogP contribution in [0.25, 0.3) is 0 Å². The van der Waals surface area contributed by atoms with Crippen LogP contribution in [0, 0.1) is 0 Å². The molecule has 0 unspecified atom stereocenters. The van der Waals surface area contributed by atoms with Crippen molar-refractivity contribution in [2.75, 3.05) is 20.2 Å². The second kappa shape index (κ2) is 9.61. The van der Waals surface area contributed by atoms with Gasteiger partial charge < -0.3 is 10.1 Å². The maximum atomic E-state index is 12.1. The topological polar surface area (TPSA) is 87.7 Å². The molecule has 1 saturated heterocycles. The van der Waals surface area contributed by atoms with E-state index in [0.717, 1.165) is 51.5 Å². The lowest BCUT2D eigenvalue weighted by Gasteiger charge is -2.34. The maximum absolute atomic E-state index is 12.1. The highest BCUT2D eigenvalue weighted by Gasteiger charge is 2.27. The zero-order valence-electron chi connectivity index (χ0n) is 14.5. The van der Waals surface area contributed by atoms with Gasteiger partial charge in [-0.15, -0.1) is 0 Å². The SMILES string of the molecule is COC(=O)C[C@H]1CCCCN1CC(=O)NC(=O)NC1CCCCC1. The van der Waals surface area contributed by atoms with Gasteiger partial charge in [0.15, 0.2) is 0 Å². The van der Waals surface area contributed by atoms with Crippen molar-refractivity contribution in [1.82, 2.24) is 15.5 Å². The summed E-state index contributed by atoms with van der Waals surface area (Å²) < 4.78 is 4.73. The molecule has 0 radical (unpaired) electrons. The van der Waals surface area contributed by atoms with Crippen LogP contribution < -0.4 is 10.6 Å². The minimum atomic E-state index is -0.409. The van der Waals surface area contributed by atoms with Crippen molar-refractivity contribution in [3.05, 3.63) is 0 Å². The lowest BCUT2D eigenvalue weighted by Crippen LogP contribution is -2.50. The normalized spacial score (nSPS) is 22.6. The monoisotopic (exact) mass is 339 g/mol. The molecule has 2 aliphatic rings. The van der Waals surface area contributed by atoms with Crippen LogP contribution in [-0.2, 0) is 14.3 Å². The third-order valence-corrected chi connectivity index (χ3v) is 4.92. The molecule has 3 amide bonds. The van der Waals surface area contributed by atoms with E-state index in [1.54, 1.807) is 0 Å². The smallest absolute Gasteiger partial charge is 0.321 e. The minimum Gasteiger partial charge on any atom is -0.469 e. The minimum absolute atomic E-state index is 0.0124. The molecule has 24 heavy (non-hydrogen) atoms. The summed E-state index contributed by atoms with van der Waals surface area (Å²) in [7, 11) is 1.37. The van der Waals surface area contributed by atoms with E-state index in [1.165, 1.54) is 13.5 Å². The maximum Gasteiger partial charge on any atom is 0.321 e. The zero-order valence-corrected chi connectivity index (χ0v) is 14.5. The summed E-state index contributed by atoms with van der Waals surface area (Å²) in [6.45, 7) is 0.902. The third kappa shape index (κ3) is 6.11. The van der Waals surface area contributed by atoms with Crippen LogP contribution in [0.15, 0.2) is 0 Å². The Balaban J connectivity index is 1.76. The summed E-state index contributed by atoms with van der Waals surface area (Å²) in [6, 6.07) is -0.222. The number of urea groups is 1. The van der Waals surface area contributed by atoms with E-state index in [4.69, 9.17) is 4.74 Å². The largest absolute Gasteiger partial charge is 0.469 e. The average molecular weight is 339 g/mol. The summed E-state index contributed by atoms with van der Waals surface area (Å²) in [6.07, 6.45) is 8.64. The highest BCUT2D eigenvalue weighted by atomic mass is 16.5. The van der Waals surface area contributed by atoms with Crippen LogP contribution in [-0.4, -0.2) is 55.1 Å². The average Bonchev–Trinajstić information content (AvgIpc) is 2.57. The number of ether oxygens (including phenoxy) is 1. The lowest BCUT2D eigenvalue weighted by atomic mass is 9.96. The van der Waals surface area contributed by atoms with Crippen molar-refractivity contribution in [1.29, 1.82) is 0 Å². The molecule has 1 saturated carbocycles. The molecule has 0 aromatic rings. The van der Waals surface area contributed by atoms with Gasteiger partial charge in [0.2, 0.25) is 5.91 Å². The van der Waals surface area contributed by atoms with E-state index in [0.29, 0.717) is 0 Å². The standard InChI is InChI=1S/C17H29N3O4/c1-24-16(22)11-14-9-5-6-10-20(14)12-15(21)19-17(23)18-13-7-3-2-4-8-13/h13-14H,2-12H2,1H3,(H2,18,19,21,23)/t14-/m1/s1. The summed E-state index contributed by atoms with van der Waals surface area (Å²) in [4.78, 5) is 37.5. The van der Waals surface area contributed by atoms with Crippen molar-refractivity contribution in [3.63, 3.8) is 0 Å². The first-order valence-corrected chi connectivity index (χ1v) is 8.99. The molecule has 2 fully saturated rings. The van der Waals surface area contributed by atoms with E-state index in [-0.39, 0.29) is 36.9 Å². The van der Waals surface area contributed by atoms with E-state index >= 15 is 0 Å². The molecule has 0 aromatic carbocycles. The first kappa shape index (κ1) is 18.7. The first-order chi connectivity index (χ1) is 11.6. The fourth-order valence-electron chi connectivity index (χ4n) is 3.59. The number of amides is 3. The number of likely N-dealkylation sites (tertiary alicyclic amines) is 1. The van der Waals surface area contributed by atoms with Gasteiger partial charge in [-0.25, -0.2) is 4.79 Å². The molecule has 0 aromatic heterocycles. The Labute approximate surface area is 143 Å². The van der Waals surface area contributed by atoms with Gasteiger partial charge in [0, 0.05) is 12.1 Å². The number of imide groups is 1. The van der Waals surface area contributed by atoms with Crippen LogP contribution in [0.2, 0.25) is 0 Å². The van der Waals surface area contributed by atoms with Crippen LogP contribution >= 0.6 is 0 Å². The van der Waals surface area contributed by atoms with Gasteiger partial charge in [-0.1, -0.05) is 25.7 Å². The number of nitrogens with one attached hydrogen (secondary N) is 2. The Hall–Kier alpha value is -1.63. The molecule has 0 bridgehead atoms. The van der Waals surface area contributed by atoms with Crippen molar-refractivity contribution < 1.29 is 19.1 Å². The highest BCUT2D eigenvalue weighted by Crippen LogP contribution is 2.20. The summed E-state index contributed by atoms with van der Waals surface area (Å²) >= 11 is 0. The van der Waals surface area contributed by atoms with Crippen molar-refractivity contribution >= 4 is 17.9 Å². The van der Waals surface area contributed by atoms with E-state index in [1.807, 2.05) is 4.90 Å². The molecule has 136 valence electrons. The number of esters is 1. The first-order valence-electron chi connectivity index (χ1n) is 8.99. The van der Waals surface area contributed by atoms with Gasteiger partial charge in [0.1, 0.15) is 0 Å². The molecule has 1 aliphatic heterocycles. The van der Waals surface area contributed by atoms with Gasteiger partial charge in [0.05, 0.1) is 20.1 Å². The van der Waals surface area contributed by atoms with E-state index < -0.39 is 6.03 Å². The Kier molecular flexibility index (Phi) is 7.49. The number of hydrogen-bond donors (Lipinski definition) is 2. The van der Waals surface area contributed by atoms with Crippen LogP contribution in [0.3, 0.4) is 0 Å². The molecule has 7 nitrogen and oxygen atoms in total. The predicted octanol–water partition coefficient (Wildman–Crippen LogP) is 1.56. The molecular formula is C17H29N3O4. The number of hydrogen-bond acceptors (Lipinski definition) is 5. The van der Waals surface area contributed by atoms with Crippen LogP contribution in [0.1, 0.15) is 57.8 Å². The predicted molar refractivity (Wildman–Crippen MR) is 89.4 cm³/mol. The molecule has 1 heterocycles. The van der Waals surface area contributed by atoms with Crippen LogP contribution in [0.4, 0.5) is 4.79 Å². The molecule has 2 rings (SSSR count). The Morgan fingerprint density at radius 2 is 1.75 bits per heavy atom. The number of methoxy groups -OCH3 is 1. The molecule has 2 N–H and O–H groups in total. The van der Waals surface area contributed by atoms with Gasteiger partial charge in [-0.05, 0) is 32.2 Å². The van der Waals surface area contributed by atoms with Gasteiger partial charge in [0.25, 0.3) is 0 Å². The van der Waals surface area contributed by atoms with Crippen LogP contribution in [0.5, 0.6) is 0 Å². The fourth-order valence-corrected chi connectivity index (χ4v) is 3.59. The van der Waals surface area contributed by atoms with E-state index in [9.17, 15) is 14.4 Å². The Bertz CT molecular complexity index is 449. The lowest BCUT2D eigenvalue weighted by molar-refractivity contribution is -0.143. The molecule has 1 atom stereocenters. The third-order valence-electron chi connectivity index (χ3n) is 4.92. The van der Waals surface area contributed by atoms with Crippen molar-refractivity contribution in [3.8, 4) is 0 Å². The molecular weight excluding hydrogens is 310 g/mol.